The Morgan fingerprint density at radius 3 is 2.30 bits per heavy atom. The Morgan fingerprint density at radius 2 is 1.67 bits per heavy atom. The molecule has 1 aliphatic carbocycles. The summed E-state index contributed by atoms with van der Waals surface area (Å²) in [7, 11) is 0. The van der Waals surface area contributed by atoms with Crippen molar-refractivity contribution in [3.8, 4) is 0 Å². The Kier molecular flexibility index (Phi) is 9.61. The average Bonchev–Trinajstić information content (AvgIpc) is 2.98. The Balaban J connectivity index is 2.12. The predicted molar refractivity (Wildman–Crippen MR) is 132 cm³/mol. The van der Waals surface area contributed by atoms with Crippen LogP contribution in [0.4, 0.5) is 0 Å². The first-order valence-electron chi connectivity index (χ1n) is 11.9. The topological polar surface area (TPSA) is 101 Å². The number of nitrogens with two attached hydrogens (primary N) is 1. The molecule has 0 radical (unpaired) electrons. The SMILES string of the molecule is [N-]=[N+]=NCC[C@H](N)C(=O)OC(c1ccccc1)(c1ccccc1Cl)C1CCCCCCCC1. The zero-order chi connectivity index (χ0) is 23.5. The van der Waals surface area contributed by atoms with Gasteiger partial charge >= 0.3 is 5.97 Å². The summed E-state index contributed by atoms with van der Waals surface area (Å²) in [5, 5.41) is 4.08. The number of halogens is 1. The molecule has 6 nitrogen and oxygen atoms in total. The maximum Gasteiger partial charge on any atom is 0.324 e. The minimum atomic E-state index is -1.04. The first kappa shape index (κ1) is 25.1. The quantitative estimate of drug-likeness (QED) is 0.197. The fourth-order valence-corrected chi connectivity index (χ4v) is 5.17. The Bertz CT molecular complexity index is 938. The fraction of sp³-hybridized carbons (Fsp3) is 0.500. The van der Waals surface area contributed by atoms with Gasteiger partial charge in [0.1, 0.15) is 6.04 Å². The molecule has 1 saturated carbocycles. The van der Waals surface area contributed by atoms with E-state index in [2.05, 4.69) is 10.0 Å². The van der Waals surface area contributed by atoms with Crippen LogP contribution in [0.25, 0.3) is 10.4 Å². The molecule has 3 rings (SSSR count). The molecule has 0 heterocycles. The van der Waals surface area contributed by atoms with E-state index in [1.54, 1.807) is 0 Å². The van der Waals surface area contributed by atoms with E-state index >= 15 is 0 Å². The number of esters is 1. The molecule has 0 bridgehead atoms. The lowest BCUT2D eigenvalue weighted by molar-refractivity contribution is -0.165. The molecule has 2 aromatic rings. The monoisotopic (exact) mass is 468 g/mol. The summed E-state index contributed by atoms with van der Waals surface area (Å²) in [4.78, 5) is 16.1. The summed E-state index contributed by atoms with van der Waals surface area (Å²) >= 11 is 6.77. The van der Waals surface area contributed by atoms with Crippen LogP contribution in [0.3, 0.4) is 0 Å². The van der Waals surface area contributed by atoms with Crippen LogP contribution in [0, 0.1) is 5.92 Å². The van der Waals surface area contributed by atoms with E-state index in [0.717, 1.165) is 36.8 Å². The van der Waals surface area contributed by atoms with Crippen LogP contribution in [0.1, 0.15) is 68.9 Å². The molecule has 2 aromatic carbocycles. The molecule has 0 aromatic heterocycles. The van der Waals surface area contributed by atoms with E-state index in [9.17, 15) is 4.79 Å². The molecule has 0 aliphatic heterocycles. The highest BCUT2D eigenvalue weighted by atomic mass is 35.5. The second-order valence-corrected chi connectivity index (χ2v) is 9.16. The lowest BCUT2D eigenvalue weighted by Crippen LogP contribution is -2.46. The van der Waals surface area contributed by atoms with Crippen molar-refractivity contribution in [1.82, 2.24) is 0 Å². The first-order valence-corrected chi connectivity index (χ1v) is 12.3. The maximum atomic E-state index is 13.4. The van der Waals surface area contributed by atoms with E-state index in [1.807, 2.05) is 54.6 Å². The van der Waals surface area contributed by atoms with Crippen LogP contribution < -0.4 is 5.73 Å². The summed E-state index contributed by atoms with van der Waals surface area (Å²) in [5.41, 5.74) is 15.4. The molecule has 7 heteroatoms. The Hall–Kier alpha value is -2.53. The van der Waals surface area contributed by atoms with E-state index in [0.29, 0.717) is 5.02 Å². The van der Waals surface area contributed by atoms with Crippen LogP contribution >= 0.6 is 11.6 Å². The number of hydrogen-bond acceptors (Lipinski definition) is 4. The van der Waals surface area contributed by atoms with Crippen LogP contribution in [0.5, 0.6) is 0 Å². The fourth-order valence-electron chi connectivity index (χ4n) is 4.89. The van der Waals surface area contributed by atoms with Gasteiger partial charge in [0.2, 0.25) is 0 Å². The minimum absolute atomic E-state index is 0.0613. The van der Waals surface area contributed by atoms with Gasteiger partial charge in [-0.2, -0.15) is 0 Å². The number of benzene rings is 2. The summed E-state index contributed by atoms with van der Waals surface area (Å²) in [5.74, 6) is -0.446. The molecule has 1 aliphatic rings. The van der Waals surface area contributed by atoms with Gasteiger partial charge < -0.3 is 10.5 Å². The first-order chi connectivity index (χ1) is 16.1. The zero-order valence-electron chi connectivity index (χ0n) is 19.0. The third kappa shape index (κ3) is 6.29. The van der Waals surface area contributed by atoms with E-state index < -0.39 is 17.6 Å². The van der Waals surface area contributed by atoms with Crippen LogP contribution in [0.15, 0.2) is 59.7 Å². The highest BCUT2D eigenvalue weighted by Gasteiger charge is 2.47. The van der Waals surface area contributed by atoms with Crippen molar-refractivity contribution in [1.29, 1.82) is 0 Å². The molecule has 0 amide bonds. The van der Waals surface area contributed by atoms with Crippen LogP contribution in [-0.4, -0.2) is 18.6 Å². The molecule has 33 heavy (non-hydrogen) atoms. The van der Waals surface area contributed by atoms with Gasteiger partial charge in [0.15, 0.2) is 5.60 Å². The third-order valence-corrected chi connectivity index (χ3v) is 6.90. The van der Waals surface area contributed by atoms with Gasteiger partial charge in [0.05, 0.1) is 0 Å². The maximum absolute atomic E-state index is 13.4. The van der Waals surface area contributed by atoms with E-state index in [4.69, 9.17) is 27.6 Å². The summed E-state index contributed by atoms with van der Waals surface area (Å²) in [6.45, 7) is 0.140. The third-order valence-electron chi connectivity index (χ3n) is 6.57. The smallest absolute Gasteiger partial charge is 0.324 e. The standard InChI is InChI=1S/C26H33ClN4O2/c27-23-17-11-10-16-22(23)26(21-14-8-5-9-15-21,20-12-6-3-1-2-4-7-13-20)33-25(32)24(28)18-19-30-31-29/h5,8-11,14-17,20,24H,1-4,6-7,12-13,18-19,28H2/t24-,26?/m0/s1. The molecular formula is C26H33ClN4O2. The minimum Gasteiger partial charge on any atom is -0.448 e. The van der Waals surface area contributed by atoms with Crippen molar-refractivity contribution in [2.45, 2.75) is 69.4 Å². The van der Waals surface area contributed by atoms with Gasteiger partial charge in [-0.15, -0.1) is 0 Å². The van der Waals surface area contributed by atoms with Gasteiger partial charge in [-0.25, -0.2) is 0 Å². The second-order valence-electron chi connectivity index (χ2n) is 8.75. The summed E-state index contributed by atoms with van der Waals surface area (Å²) in [6, 6.07) is 16.6. The summed E-state index contributed by atoms with van der Waals surface area (Å²) in [6.07, 6.45) is 9.05. The van der Waals surface area contributed by atoms with E-state index in [-0.39, 0.29) is 18.9 Å². The van der Waals surface area contributed by atoms with Gasteiger partial charge in [-0.3, -0.25) is 4.79 Å². The lowest BCUT2D eigenvalue weighted by atomic mass is 9.71. The molecule has 2 atom stereocenters. The number of hydrogen-bond donors (Lipinski definition) is 1. The largest absolute Gasteiger partial charge is 0.448 e. The normalized spacial score (nSPS) is 18.0. The zero-order valence-corrected chi connectivity index (χ0v) is 19.8. The highest BCUT2D eigenvalue weighted by molar-refractivity contribution is 6.31. The van der Waals surface area contributed by atoms with Crippen LogP contribution in [0.2, 0.25) is 5.02 Å². The van der Waals surface area contributed by atoms with E-state index in [1.165, 1.54) is 25.7 Å². The molecule has 1 fully saturated rings. The Labute approximate surface area is 201 Å². The molecule has 0 spiro atoms. The number of ether oxygens (including phenoxy) is 1. The van der Waals surface area contributed by atoms with Crippen LogP contribution in [-0.2, 0) is 15.1 Å². The van der Waals surface area contributed by atoms with Crippen molar-refractivity contribution < 1.29 is 9.53 Å². The average molecular weight is 469 g/mol. The molecule has 176 valence electrons. The van der Waals surface area contributed by atoms with Crippen molar-refractivity contribution in [2.75, 3.05) is 6.54 Å². The van der Waals surface area contributed by atoms with Gasteiger partial charge in [0.25, 0.3) is 0 Å². The van der Waals surface area contributed by atoms with Crippen molar-refractivity contribution in [3.05, 3.63) is 81.2 Å². The number of carbonyl (C=O) groups excluding carboxylic acids is 1. The van der Waals surface area contributed by atoms with Gasteiger partial charge in [-0.05, 0) is 30.9 Å². The molecule has 2 N–H and O–H groups in total. The van der Waals surface area contributed by atoms with Crippen molar-refractivity contribution >= 4 is 17.6 Å². The number of azide groups is 1. The van der Waals surface area contributed by atoms with Crippen molar-refractivity contribution in [2.24, 2.45) is 16.8 Å². The highest BCUT2D eigenvalue weighted by Crippen LogP contribution is 2.48. The Morgan fingerprint density at radius 1 is 1.06 bits per heavy atom. The molecule has 0 saturated heterocycles. The molecule has 1 unspecified atom stereocenters. The number of nitrogens with zero attached hydrogens (tertiary/aromatic N) is 3. The lowest BCUT2D eigenvalue weighted by Gasteiger charge is -2.42. The summed E-state index contributed by atoms with van der Waals surface area (Å²) < 4.78 is 6.48. The van der Waals surface area contributed by atoms with Crippen molar-refractivity contribution in [3.63, 3.8) is 0 Å². The second kappa shape index (κ2) is 12.6. The molecular weight excluding hydrogens is 436 g/mol. The number of carbonyl (C=O) groups is 1. The van der Waals surface area contributed by atoms with Gasteiger partial charge in [-0.1, -0.05) is 104 Å². The predicted octanol–water partition coefficient (Wildman–Crippen LogP) is 6.91. The van der Waals surface area contributed by atoms with Gasteiger partial charge in [0, 0.05) is 33.5 Å². The number of rotatable bonds is 8.